The van der Waals surface area contributed by atoms with Gasteiger partial charge in [-0.3, -0.25) is 0 Å². The number of carbonyl (C=O) groups is 1. The summed E-state index contributed by atoms with van der Waals surface area (Å²) in [5.74, 6) is 10.3. The summed E-state index contributed by atoms with van der Waals surface area (Å²) in [7, 11) is 1.39. The molecule has 15 aromatic carbocycles. The molecule has 5 aromatic heterocycles. The van der Waals surface area contributed by atoms with Gasteiger partial charge in [0.05, 0.1) is 19.8 Å². The maximum Gasteiger partial charge on any atom is 0.344 e. The molecular weight excluding hydrogens is 1860 g/mol. The molecule has 0 atom stereocenters. The molecule has 8 aliphatic carbocycles. The second-order valence-electron chi connectivity index (χ2n) is 42.1. The Morgan fingerprint density at radius 1 is 0.306 bits per heavy atom. The van der Waals surface area contributed by atoms with E-state index in [9.17, 15) is 9.90 Å². The minimum absolute atomic E-state index is 0.0269. The molecule has 20 aromatic rings. The van der Waals surface area contributed by atoms with E-state index in [2.05, 4.69) is 373 Å². The minimum Gasteiger partial charge on any atom is -0.507 e. The van der Waals surface area contributed by atoms with E-state index in [1.807, 2.05) is 13.8 Å². The standard InChI is InChI=1S/C33H35O3S.C31H33O2S.C26H29OS.C21H19OS.C20H16OS/c1-20-12-26(37-29-10-6-4-8-27(29)28-9-5-7-11-30(28)37)13-21(2)32(20)35-19-31(34)36-33(3)24-15-22-14-23(17-24)18-25(33)16-22;1-19-11-25(34-28-9-5-3-7-26(28)27-8-4-6-10-29(27)34)12-20(2)30(19)32-18-33-31-23-14-21-13-22(16-23)17-24(31)15-21;1-4-5-6-11-16-27-26-19(2)17-21(18-20(26)3)28-24-14-9-7-12-22(24)23-13-8-10-15-25(23)28;1-14-12-16(13-15(2)21(14)22-3)23-19-10-6-4-8-17(19)18-9-5-7-11-20(18)23;1-13-11-15(12-14(2)20(13)21)22-18-9-5-3-7-16(18)17-8-4-6-10-19(17)22/h4-13,22-25H,14-19H2,1-3H3;3-12,21-24,31H,13-18H2,1-2H3;7-10,12-15,17-18H,4-6,11,16H2,1-3H3;4-13H,1-3H3;3-12H,1-2H3/q4*+1;/p+1. The van der Waals surface area contributed by atoms with Crippen LogP contribution in [0.2, 0.25) is 0 Å². The number of esters is 1. The van der Waals surface area contributed by atoms with E-state index in [4.69, 9.17) is 28.4 Å². The van der Waals surface area contributed by atoms with E-state index in [1.165, 1.54) is 242 Å². The maximum atomic E-state index is 13.0. The summed E-state index contributed by atoms with van der Waals surface area (Å²) in [6.07, 6.45) is 18.7. The monoisotopic (exact) mass is 1990 g/mol. The number of ether oxygens (including phenoxy) is 6. The van der Waals surface area contributed by atoms with E-state index in [0.29, 0.717) is 30.5 Å². The van der Waals surface area contributed by atoms with Gasteiger partial charge >= 0.3 is 5.97 Å². The Kier molecular flexibility index (Phi) is 27.5. The van der Waals surface area contributed by atoms with Crippen molar-refractivity contribution in [3.05, 3.63) is 359 Å². The van der Waals surface area contributed by atoms with Crippen LogP contribution >= 0.6 is 52.3 Å². The van der Waals surface area contributed by atoms with Crippen LogP contribution in [0.1, 0.15) is 159 Å². The summed E-state index contributed by atoms with van der Waals surface area (Å²) < 4.78 is 51.0. The average molecular weight is 2000 g/mol. The lowest BCUT2D eigenvalue weighted by molar-refractivity contribution is -0.204. The number of methoxy groups -OCH3 is 1. The van der Waals surface area contributed by atoms with Crippen LogP contribution in [0.15, 0.2) is 303 Å². The molecule has 8 saturated carbocycles. The van der Waals surface area contributed by atoms with Crippen LogP contribution in [0.25, 0.3) is 125 Å². The van der Waals surface area contributed by atoms with Crippen molar-refractivity contribution >= 4 is 159 Å². The van der Waals surface area contributed by atoms with Gasteiger partial charge in [0.2, 0.25) is 0 Å². The summed E-state index contributed by atoms with van der Waals surface area (Å²) in [6.45, 7) is 26.8. The number of thiophene rings is 5. The van der Waals surface area contributed by atoms with Gasteiger partial charge in [0.15, 0.2) is 84.9 Å². The lowest BCUT2D eigenvalue weighted by atomic mass is 9.50. The first-order valence-corrected chi connectivity index (χ1v) is 58.4. The minimum atomic E-state index is -0.313. The molecule has 5 heterocycles. The number of benzene rings is 15. The number of aromatic hydroxyl groups is 1. The van der Waals surface area contributed by atoms with Crippen molar-refractivity contribution in [3.8, 4) is 53.2 Å². The Morgan fingerprint density at radius 2 is 0.549 bits per heavy atom. The molecule has 0 unspecified atom stereocenters. The van der Waals surface area contributed by atoms with Crippen molar-refractivity contribution < 1.29 is 38.3 Å². The van der Waals surface area contributed by atoms with E-state index in [0.717, 1.165) is 93.8 Å². The van der Waals surface area contributed by atoms with E-state index >= 15 is 0 Å². The van der Waals surface area contributed by atoms with Gasteiger partial charge in [-0.25, -0.2) is 4.79 Å². The number of unbranched alkanes of at least 4 members (excludes halogenated alkanes) is 3. The van der Waals surface area contributed by atoms with Gasteiger partial charge in [0, 0.05) is 167 Å². The number of phenolic OH excluding ortho intramolecular Hbond substituents is 1. The summed E-state index contributed by atoms with van der Waals surface area (Å²) in [5, 5.41) is 23.7. The molecule has 8 nitrogen and oxygen atoms in total. The Bertz CT molecular complexity index is 7840. The van der Waals surface area contributed by atoms with Gasteiger partial charge < -0.3 is 33.5 Å². The van der Waals surface area contributed by atoms with Crippen LogP contribution in [-0.2, 0) is 14.3 Å². The highest BCUT2D eigenvalue weighted by atomic mass is 32.2. The Morgan fingerprint density at radius 3 is 0.819 bits per heavy atom. The first-order valence-electron chi connectivity index (χ1n) is 52.3. The first-order chi connectivity index (χ1) is 70.1. The molecule has 144 heavy (non-hydrogen) atoms. The summed E-state index contributed by atoms with van der Waals surface area (Å²) in [4.78, 5) is 19.8. The van der Waals surface area contributed by atoms with Crippen LogP contribution in [0, 0.1) is 117 Å². The third-order valence-electron chi connectivity index (χ3n) is 32.4. The van der Waals surface area contributed by atoms with Crippen LogP contribution in [-0.4, -0.2) is 49.9 Å². The van der Waals surface area contributed by atoms with Crippen molar-refractivity contribution in [2.45, 2.75) is 185 Å². The number of phenols is 1. The average Bonchev–Trinajstić information content (AvgIpc) is 0.930. The van der Waals surface area contributed by atoms with Crippen molar-refractivity contribution in [3.63, 3.8) is 0 Å². The molecule has 13 heteroatoms. The van der Waals surface area contributed by atoms with E-state index in [-0.39, 0.29) is 70.5 Å². The van der Waals surface area contributed by atoms with Crippen LogP contribution in [0.4, 0.5) is 0 Å². The van der Waals surface area contributed by atoms with Crippen molar-refractivity contribution in [1.82, 2.24) is 0 Å². The molecule has 8 fully saturated rings. The summed E-state index contributed by atoms with van der Waals surface area (Å²) >= 11 is 0. The van der Waals surface area contributed by atoms with Crippen molar-refractivity contribution in [2.75, 3.05) is 27.1 Å². The molecule has 8 aliphatic rings. The molecule has 0 aliphatic heterocycles. The third kappa shape index (κ3) is 18.3. The third-order valence-corrected chi connectivity index (χ3v) is 43.9. The van der Waals surface area contributed by atoms with Gasteiger partial charge in [-0.15, -0.1) is 0 Å². The topological polar surface area (TPSA) is 92.7 Å². The van der Waals surface area contributed by atoms with Crippen LogP contribution in [0.3, 0.4) is 0 Å². The molecule has 0 spiro atoms. The van der Waals surface area contributed by atoms with Gasteiger partial charge in [0.1, 0.15) is 34.3 Å². The van der Waals surface area contributed by atoms with E-state index < -0.39 is 0 Å². The second kappa shape index (κ2) is 41.0. The molecule has 0 amide bonds. The predicted molar refractivity (Wildman–Crippen MR) is 616 cm³/mol. The van der Waals surface area contributed by atoms with Crippen molar-refractivity contribution in [1.29, 1.82) is 0 Å². The fraction of sp³-hybridized carbons (Fsp3) is 0.305. The first kappa shape index (κ1) is 96.6. The molecule has 730 valence electrons. The highest BCUT2D eigenvalue weighted by Gasteiger charge is 2.57. The number of aryl methyl sites for hydroxylation is 10. The molecule has 0 radical (unpaired) electrons. The molecule has 28 rings (SSSR count). The molecular formula is C131H133O8S5+5. The molecule has 0 saturated heterocycles. The highest BCUT2D eigenvalue weighted by molar-refractivity contribution is 7.52. The van der Waals surface area contributed by atoms with Crippen molar-refractivity contribution in [2.24, 2.45) is 47.3 Å². The van der Waals surface area contributed by atoms with Crippen LogP contribution in [0.5, 0.6) is 28.7 Å². The molecule has 8 bridgehead atoms. The molecule has 1 N–H and O–H groups in total. The largest absolute Gasteiger partial charge is 0.507 e. The Labute approximate surface area is 861 Å². The predicted octanol–water partition coefficient (Wildman–Crippen LogP) is 37.7. The van der Waals surface area contributed by atoms with Gasteiger partial charge in [0.25, 0.3) is 0 Å². The Hall–Kier alpha value is -12.2. The second-order valence-corrected chi connectivity index (χ2v) is 51.9. The van der Waals surface area contributed by atoms with Gasteiger partial charge in [-0.05, 0) is 371 Å². The van der Waals surface area contributed by atoms with E-state index in [1.54, 1.807) is 7.11 Å². The fourth-order valence-corrected chi connectivity index (χ4v) is 39.2. The fourth-order valence-electron chi connectivity index (χ4n) is 26.4. The number of hydrogen-bond acceptors (Lipinski definition) is 8. The normalized spacial score (nSPS) is 19.5. The summed E-state index contributed by atoms with van der Waals surface area (Å²) in [6, 6.07) is 111. The van der Waals surface area contributed by atoms with Gasteiger partial charge in [-0.2, -0.15) is 0 Å². The number of rotatable bonds is 20. The Balaban J connectivity index is 0.000000104. The number of carbonyl (C=O) groups excluding carboxylic acids is 1. The zero-order valence-corrected chi connectivity index (χ0v) is 89.5. The maximum absolute atomic E-state index is 13.0. The van der Waals surface area contributed by atoms with Crippen LogP contribution < -0.4 is 18.9 Å². The SMILES string of the molecule is CCCCCCOc1c(C)cc(-[s+]2c3ccccc3c3ccccc32)cc1C.COc1c(C)cc(-[s+]2c3ccccc3c3ccccc32)cc1C.Cc1cc(-[s+]2c3ccccc3c3ccccc32)cc(C)c1O.Cc1cc(-[s+]2c3ccccc3c3ccccc32)cc(C)c1OCC(=O)OC1(C)C2CC3CC(C2)CC1C3.Cc1cc(-[s+]2c3ccccc3c3ccccc32)cc(C)c1OCOC1C2CC3CC(C2)CC1C3. The quantitative estimate of drug-likeness (QED) is 0.0349. The lowest BCUT2D eigenvalue weighted by Crippen LogP contribution is -2.58. The lowest BCUT2D eigenvalue weighted by Gasteiger charge is -2.59. The smallest absolute Gasteiger partial charge is 0.344 e. The van der Waals surface area contributed by atoms with Gasteiger partial charge in [-0.1, -0.05) is 148 Å². The number of fused-ring (bicyclic) bond motifs is 15. The number of hydrogen-bond donors (Lipinski definition) is 1. The summed E-state index contributed by atoms with van der Waals surface area (Å²) in [5.41, 5.74) is 11.0. The highest BCUT2D eigenvalue weighted by Crippen LogP contribution is 2.62. The zero-order chi connectivity index (χ0) is 98.9. The zero-order valence-electron chi connectivity index (χ0n) is 85.4.